The molecule has 1 aliphatic rings. The lowest BCUT2D eigenvalue weighted by molar-refractivity contribution is 1.00. The average Bonchev–Trinajstić information content (AvgIpc) is 3.52. The zero-order valence-corrected chi connectivity index (χ0v) is 23.8. The van der Waals surface area contributed by atoms with Gasteiger partial charge in [0.2, 0.25) is 0 Å². The van der Waals surface area contributed by atoms with Crippen LogP contribution in [0, 0.1) is 19.8 Å². The molecule has 2 aromatic heterocycles. The largest absolute Gasteiger partial charge is 0.369 e. The maximum atomic E-state index is 2.40. The number of hydrogen-bond donors (Lipinski definition) is 0. The first-order chi connectivity index (χ1) is 17.3. The van der Waals surface area contributed by atoms with Crippen LogP contribution in [-0.2, 0) is 0 Å². The molecule has 0 atom stereocenters. The van der Waals surface area contributed by atoms with Crippen LogP contribution in [0.25, 0.3) is 22.3 Å². The van der Waals surface area contributed by atoms with E-state index in [4.69, 9.17) is 0 Å². The first kappa shape index (κ1) is 24.6. The number of anilines is 2. The molecule has 2 heterocycles. The normalized spacial score (nSPS) is 14.2. The second kappa shape index (κ2) is 9.76. The van der Waals surface area contributed by atoms with E-state index in [1.807, 2.05) is 22.7 Å². The molecule has 0 unspecified atom stereocenters. The molecule has 0 spiro atoms. The highest BCUT2D eigenvalue weighted by molar-refractivity contribution is 7.19. The van der Waals surface area contributed by atoms with Gasteiger partial charge in [0.25, 0.3) is 0 Å². The second-order valence-corrected chi connectivity index (χ2v) is 12.1. The van der Waals surface area contributed by atoms with Gasteiger partial charge in [0.15, 0.2) is 0 Å². The van der Waals surface area contributed by atoms with Crippen molar-refractivity contribution in [3.8, 4) is 0 Å². The average molecular weight is 511 g/mol. The Morgan fingerprint density at radius 2 is 0.944 bits per heavy atom. The third-order valence-electron chi connectivity index (χ3n) is 6.91. The maximum absolute atomic E-state index is 2.40. The molecule has 0 saturated heterocycles. The van der Waals surface area contributed by atoms with Gasteiger partial charge in [-0.3, -0.25) is 0 Å². The van der Waals surface area contributed by atoms with Crippen molar-refractivity contribution in [3.63, 3.8) is 0 Å². The molecule has 0 bridgehead atoms. The molecule has 0 aliphatic heterocycles. The minimum atomic E-state index is 0.273. The van der Waals surface area contributed by atoms with Gasteiger partial charge >= 0.3 is 0 Å². The summed E-state index contributed by atoms with van der Waals surface area (Å²) in [5.41, 5.74) is 10.9. The molecule has 5 rings (SSSR count). The van der Waals surface area contributed by atoms with Crippen LogP contribution < -0.4 is 9.80 Å². The zero-order valence-electron chi connectivity index (χ0n) is 22.2. The number of benzene rings is 2. The van der Waals surface area contributed by atoms with Crippen LogP contribution >= 0.6 is 22.7 Å². The van der Waals surface area contributed by atoms with Crippen molar-refractivity contribution in [1.82, 2.24) is 0 Å². The maximum Gasteiger partial charge on any atom is 0.0939 e. The van der Waals surface area contributed by atoms with E-state index >= 15 is 0 Å². The summed E-state index contributed by atoms with van der Waals surface area (Å²) in [7, 11) is 8.57. The molecule has 4 heteroatoms. The van der Waals surface area contributed by atoms with E-state index in [1.54, 1.807) is 0 Å². The van der Waals surface area contributed by atoms with Crippen LogP contribution in [0.5, 0.6) is 0 Å². The molecule has 184 valence electrons. The Labute approximate surface area is 223 Å². The highest BCUT2D eigenvalue weighted by atomic mass is 32.1. The van der Waals surface area contributed by atoms with Crippen molar-refractivity contribution < 1.29 is 0 Å². The molecule has 36 heavy (non-hydrogen) atoms. The fraction of sp³-hybridized carbons (Fsp3) is 0.250. The summed E-state index contributed by atoms with van der Waals surface area (Å²) in [5, 5.41) is 2.64. The minimum Gasteiger partial charge on any atom is -0.369 e. The fourth-order valence-electron chi connectivity index (χ4n) is 5.46. The lowest BCUT2D eigenvalue weighted by Gasteiger charge is -2.16. The molecule has 4 aromatic rings. The molecular weight excluding hydrogens is 477 g/mol. The zero-order chi connectivity index (χ0) is 25.6. The predicted octanol–water partition coefficient (Wildman–Crippen LogP) is 8.73. The summed E-state index contributed by atoms with van der Waals surface area (Å²) < 4.78 is 0. The van der Waals surface area contributed by atoms with Gasteiger partial charge in [-0.05, 0) is 59.4 Å². The summed E-state index contributed by atoms with van der Waals surface area (Å²) in [6.07, 6.45) is 0. The highest BCUT2D eigenvalue weighted by Gasteiger charge is 2.36. The topological polar surface area (TPSA) is 6.48 Å². The summed E-state index contributed by atoms with van der Waals surface area (Å²) in [5.74, 6) is 0.273. The Morgan fingerprint density at radius 1 is 0.583 bits per heavy atom. The molecule has 0 N–H and O–H groups in total. The Kier molecular flexibility index (Phi) is 6.67. The third-order valence-corrected chi connectivity index (χ3v) is 9.76. The van der Waals surface area contributed by atoms with Crippen molar-refractivity contribution >= 4 is 55.0 Å². The summed E-state index contributed by atoms with van der Waals surface area (Å²) in [6.45, 7) is 6.85. The Hall–Kier alpha value is -3.08. The Morgan fingerprint density at radius 3 is 1.25 bits per heavy atom. The van der Waals surface area contributed by atoms with Crippen molar-refractivity contribution in [3.05, 3.63) is 105 Å². The summed E-state index contributed by atoms with van der Waals surface area (Å²) >= 11 is 3.81. The van der Waals surface area contributed by atoms with Gasteiger partial charge < -0.3 is 9.80 Å². The lowest BCUT2D eigenvalue weighted by Crippen LogP contribution is -2.07. The Balaban J connectivity index is 1.87. The standard InChI is InChI=1S/C32H34N2S2/c1-20-18-25(35-31(20)33(4)5)29-27(23-14-10-8-11-15-23)22(3)28(24-16-12-9-13-17-24)30(29)26-19-21(2)32(36-26)34(6)7/h8-19,22H,1-7H3. The van der Waals surface area contributed by atoms with Crippen LogP contribution in [0.4, 0.5) is 10.0 Å². The number of hydrogen-bond acceptors (Lipinski definition) is 4. The molecule has 0 amide bonds. The predicted molar refractivity (Wildman–Crippen MR) is 162 cm³/mol. The van der Waals surface area contributed by atoms with E-state index in [9.17, 15) is 0 Å². The van der Waals surface area contributed by atoms with Crippen molar-refractivity contribution in [2.24, 2.45) is 5.92 Å². The number of rotatable bonds is 6. The van der Waals surface area contributed by atoms with Crippen LogP contribution in [0.2, 0.25) is 0 Å². The van der Waals surface area contributed by atoms with E-state index in [0.29, 0.717) is 0 Å². The molecule has 0 radical (unpaired) electrons. The number of nitrogens with zero attached hydrogens (tertiary/aromatic N) is 2. The van der Waals surface area contributed by atoms with E-state index in [-0.39, 0.29) is 5.92 Å². The van der Waals surface area contributed by atoms with Gasteiger partial charge in [0, 0.05) is 55.0 Å². The number of allylic oxidation sites excluding steroid dienone is 4. The van der Waals surface area contributed by atoms with Gasteiger partial charge in [0.05, 0.1) is 10.0 Å². The van der Waals surface area contributed by atoms with E-state index < -0.39 is 0 Å². The van der Waals surface area contributed by atoms with Crippen LogP contribution in [0.15, 0.2) is 72.8 Å². The molecule has 2 nitrogen and oxygen atoms in total. The first-order valence-corrected chi connectivity index (χ1v) is 14.1. The van der Waals surface area contributed by atoms with Crippen molar-refractivity contribution in [2.75, 3.05) is 38.0 Å². The minimum absolute atomic E-state index is 0.273. The third kappa shape index (κ3) is 4.23. The van der Waals surface area contributed by atoms with E-state index in [2.05, 4.69) is 132 Å². The van der Waals surface area contributed by atoms with Gasteiger partial charge in [-0.25, -0.2) is 0 Å². The number of thiophene rings is 2. The van der Waals surface area contributed by atoms with Gasteiger partial charge in [-0.15, -0.1) is 22.7 Å². The Bertz CT molecular complexity index is 1340. The quantitative estimate of drug-likeness (QED) is 0.256. The van der Waals surface area contributed by atoms with Gasteiger partial charge in [-0.2, -0.15) is 0 Å². The smallest absolute Gasteiger partial charge is 0.0939 e. The van der Waals surface area contributed by atoms with E-state index in [0.717, 1.165) is 0 Å². The second-order valence-electron chi connectivity index (χ2n) is 10.0. The summed E-state index contributed by atoms with van der Waals surface area (Å²) in [6, 6.07) is 26.8. The first-order valence-electron chi connectivity index (χ1n) is 12.4. The molecule has 0 fully saturated rings. The monoisotopic (exact) mass is 510 g/mol. The molecular formula is C32H34N2S2. The number of aryl methyl sites for hydroxylation is 2. The molecule has 0 saturated carbocycles. The van der Waals surface area contributed by atoms with Crippen molar-refractivity contribution in [2.45, 2.75) is 20.8 Å². The van der Waals surface area contributed by atoms with Crippen LogP contribution in [-0.4, -0.2) is 28.2 Å². The SMILES string of the molecule is Cc1cc(C2=C(c3ccccc3)C(C)C(c3ccccc3)=C2c2cc(C)c(N(C)C)s2)sc1N(C)C. The lowest BCUT2D eigenvalue weighted by atomic mass is 9.88. The summed E-state index contributed by atoms with van der Waals surface area (Å²) in [4.78, 5) is 7.18. The molecule has 1 aliphatic carbocycles. The molecule has 2 aromatic carbocycles. The van der Waals surface area contributed by atoms with E-state index in [1.165, 1.54) is 64.3 Å². The van der Waals surface area contributed by atoms with Crippen LogP contribution in [0.3, 0.4) is 0 Å². The van der Waals surface area contributed by atoms with Crippen molar-refractivity contribution in [1.29, 1.82) is 0 Å². The van der Waals surface area contributed by atoms with Gasteiger partial charge in [0.1, 0.15) is 0 Å². The highest BCUT2D eigenvalue weighted by Crippen LogP contribution is 2.57. The fourth-order valence-corrected chi connectivity index (χ4v) is 7.78. The van der Waals surface area contributed by atoms with Gasteiger partial charge in [-0.1, -0.05) is 67.6 Å². The van der Waals surface area contributed by atoms with Crippen LogP contribution in [0.1, 0.15) is 38.9 Å².